The largest absolute Gasteiger partial charge is 0.472 e. The topological polar surface area (TPSA) is 134 Å². The average Bonchev–Trinajstić information content (AvgIpc) is 3.40. The van der Waals surface area contributed by atoms with Crippen molar-refractivity contribution in [2.75, 3.05) is 26.4 Å². The van der Waals surface area contributed by atoms with Gasteiger partial charge in [0.2, 0.25) is 0 Å². The molecule has 0 saturated heterocycles. The zero-order valence-corrected chi connectivity index (χ0v) is 50.2. The number of hydrogen-bond donors (Lipinski definition) is 2. The number of phosphoric ester groups is 1. The number of carbonyl (C=O) groups excluding carboxylic acids is 2. The normalized spacial score (nSPS) is 13.3. The van der Waals surface area contributed by atoms with E-state index in [1.807, 2.05) is 0 Å². The lowest BCUT2D eigenvalue weighted by Crippen LogP contribution is -2.29. The van der Waals surface area contributed by atoms with Crippen LogP contribution in [0, 0.1) is 0 Å². The van der Waals surface area contributed by atoms with E-state index < -0.39 is 26.5 Å². The summed E-state index contributed by atoms with van der Waals surface area (Å²) in [6, 6.07) is 0. The van der Waals surface area contributed by atoms with Crippen molar-refractivity contribution in [2.24, 2.45) is 5.73 Å². The van der Waals surface area contributed by atoms with E-state index in [2.05, 4.69) is 62.5 Å². The second-order valence-electron chi connectivity index (χ2n) is 21.6. The minimum atomic E-state index is -4.38. The van der Waals surface area contributed by atoms with Crippen LogP contribution in [0.25, 0.3) is 0 Å². The van der Waals surface area contributed by atoms with Gasteiger partial charge < -0.3 is 20.1 Å². The number of ether oxygens (including phenoxy) is 2. The first-order valence-corrected chi connectivity index (χ1v) is 33.6. The van der Waals surface area contributed by atoms with Crippen LogP contribution in [0.3, 0.4) is 0 Å². The van der Waals surface area contributed by atoms with E-state index in [1.54, 1.807) is 0 Å². The number of carbonyl (C=O) groups is 2. The van der Waals surface area contributed by atoms with Crippen molar-refractivity contribution in [3.8, 4) is 0 Å². The molecular weight excluding hydrogens is 954 g/mol. The Bertz CT molecular complexity index is 1370. The standard InChI is InChI=1S/C65H122NO8P/c1-3-5-7-9-11-13-15-17-18-19-20-21-22-23-24-25-26-27-28-29-30-31-32-33-34-35-36-37-38-39-40-41-42-43-44-46-48-50-52-54-56-58-65(68)74-63(62-73-75(69,70)72-60-59-66)61-71-64(67)57-55-53-51-49-47-45-16-14-12-10-8-6-4-2/h14-17,19-20,22-23,63H,3-13,18,21,24-62,66H2,1-2H3,(H,69,70)/b16-14-,17-15-,20-19-,23-22-. The fourth-order valence-corrected chi connectivity index (χ4v) is 10.2. The summed E-state index contributed by atoms with van der Waals surface area (Å²) < 4.78 is 33.0. The van der Waals surface area contributed by atoms with Gasteiger partial charge in [-0.2, -0.15) is 0 Å². The lowest BCUT2D eigenvalue weighted by molar-refractivity contribution is -0.161. The lowest BCUT2D eigenvalue weighted by atomic mass is 10.0. The molecule has 0 aromatic rings. The Kier molecular flexibility index (Phi) is 59.5. The van der Waals surface area contributed by atoms with Crippen LogP contribution in [-0.2, 0) is 32.7 Å². The third kappa shape index (κ3) is 61.1. The van der Waals surface area contributed by atoms with Gasteiger partial charge in [0.05, 0.1) is 13.2 Å². The smallest absolute Gasteiger partial charge is 0.462 e. The maximum absolute atomic E-state index is 12.7. The summed E-state index contributed by atoms with van der Waals surface area (Å²) in [4.78, 5) is 35.1. The van der Waals surface area contributed by atoms with Crippen molar-refractivity contribution in [3.63, 3.8) is 0 Å². The molecule has 2 atom stereocenters. The zero-order chi connectivity index (χ0) is 54.5. The summed E-state index contributed by atoms with van der Waals surface area (Å²) in [5.74, 6) is -0.825. The maximum atomic E-state index is 12.7. The highest BCUT2D eigenvalue weighted by atomic mass is 31.2. The first-order valence-electron chi connectivity index (χ1n) is 32.1. The molecule has 0 spiro atoms. The molecule has 440 valence electrons. The Labute approximate surface area is 464 Å². The van der Waals surface area contributed by atoms with Crippen molar-refractivity contribution in [1.29, 1.82) is 0 Å². The van der Waals surface area contributed by atoms with E-state index in [1.165, 1.54) is 225 Å². The lowest BCUT2D eigenvalue weighted by Gasteiger charge is -2.19. The fraction of sp³-hybridized carbons (Fsp3) is 0.846. The van der Waals surface area contributed by atoms with Gasteiger partial charge in [0.1, 0.15) is 6.61 Å². The molecule has 75 heavy (non-hydrogen) atoms. The van der Waals surface area contributed by atoms with Crippen LogP contribution in [0.15, 0.2) is 48.6 Å². The number of allylic oxidation sites excluding steroid dienone is 8. The van der Waals surface area contributed by atoms with Gasteiger partial charge in [0.15, 0.2) is 6.10 Å². The van der Waals surface area contributed by atoms with E-state index >= 15 is 0 Å². The van der Waals surface area contributed by atoms with Crippen LogP contribution in [-0.4, -0.2) is 49.3 Å². The average molecular weight is 1080 g/mol. The predicted octanol–water partition coefficient (Wildman–Crippen LogP) is 20.5. The summed E-state index contributed by atoms with van der Waals surface area (Å²) in [6.07, 6.45) is 76.5. The molecule has 0 bridgehead atoms. The Balaban J connectivity index is 3.72. The maximum Gasteiger partial charge on any atom is 0.472 e. The molecule has 0 amide bonds. The molecule has 0 heterocycles. The Morgan fingerprint density at radius 3 is 1.05 bits per heavy atom. The molecule has 0 aromatic heterocycles. The van der Waals surface area contributed by atoms with Gasteiger partial charge in [-0.3, -0.25) is 18.6 Å². The summed E-state index contributed by atoms with van der Waals surface area (Å²) in [6.45, 7) is 3.74. The number of hydrogen-bond acceptors (Lipinski definition) is 8. The van der Waals surface area contributed by atoms with Crippen LogP contribution in [0.2, 0.25) is 0 Å². The van der Waals surface area contributed by atoms with Crippen LogP contribution in [0.1, 0.15) is 322 Å². The molecule has 2 unspecified atom stereocenters. The number of phosphoric acid groups is 1. The molecule has 0 aliphatic rings. The minimum absolute atomic E-state index is 0.0538. The van der Waals surface area contributed by atoms with Crippen LogP contribution in [0.5, 0.6) is 0 Å². The predicted molar refractivity (Wildman–Crippen MR) is 321 cm³/mol. The van der Waals surface area contributed by atoms with Gasteiger partial charge in [-0.1, -0.05) is 281 Å². The summed E-state index contributed by atoms with van der Waals surface area (Å²) >= 11 is 0. The van der Waals surface area contributed by atoms with Crippen molar-refractivity contribution in [2.45, 2.75) is 328 Å². The highest BCUT2D eigenvalue weighted by Gasteiger charge is 2.26. The quantitative estimate of drug-likeness (QED) is 0.0264. The first kappa shape index (κ1) is 73.0. The summed E-state index contributed by atoms with van der Waals surface area (Å²) in [5, 5.41) is 0. The first-order chi connectivity index (χ1) is 36.8. The molecule has 0 saturated carbocycles. The molecule has 0 aromatic carbocycles. The Hall–Kier alpha value is -2.03. The molecule has 9 nitrogen and oxygen atoms in total. The molecule has 0 rings (SSSR count). The van der Waals surface area contributed by atoms with Crippen LogP contribution < -0.4 is 5.73 Å². The van der Waals surface area contributed by atoms with E-state index in [4.69, 9.17) is 24.3 Å². The number of nitrogens with two attached hydrogens (primary N) is 1. The molecule has 10 heteroatoms. The highest BCUT2D eigenvalue weighted by Crippen LogP contribution is 2.43. The van der Waals surface area contributed by atoms with E-state index in [0.29, 0.717) is 6.42 Å². The van der Waals surface area contributed by atoms with Crippen LogP contribution in [0.4, 0.5) is 0 Å². The molecule has 0 aliphatic carbocycles. The highest BCUT2D eigenvalue weighted by molar-refractivity contribution is 7.47. The Morgan fingerprint density at radius 1 is 0.400 bits per heavy atom. The van der Waals surface area contributed by atoms with E-state index in [9.17, 15) is 19.0 Å². The summed E-state index contributed by atoms with van der Waals surface area (Å²) in [5.41, 5.74) is 5.38. The van der Waals surface area contributed by atoms with E-state index in [0.717, 1.165) is 64.2 Å². The number of esters is 2. The second kappa shape index (κ2) is 61.2. The van der Waals surface area contributed by atoms with Crippen molar-refractivity contribution in [1.82, 2.24) is 0 Å². The summed E-state index contributed by atoms with van der Waals surface area (Å²) in [7, 11) is -4.38. The van der Waals surface area contributed by atoms with Gasteiger partial charge in [-0.05, 0) is 77.0 Å². The van der Waals surface area contributed by atoms with Gasteiger partial charge in [-0.25, -0.2) is 4.57 Å². The van der Waals surface area contributed by atoms with E-state index in [-0.39, 0.29) is 38.6 Å². The number of unbranched alkanes of at least 4 members (excludes halogenated alkanes) is 40. The van der Waals surface area contributed by atoms with Gasteiger partial charge in [-0.15, -0.1) is 0 Å². The zero-order valence-electron chi connectivity index (χ0n) is 49.3. The van der Waals surface area contributed by atoms with Gasteiger partial charge >= 0.3 is 19.8 Å². The molecule has 0 radical (unpaired) electrons. The number of rotatable bonds is 61. The fourth-order valence-electron chi connectivity index (χ4n) is 9.41. The van der Waals surface area contributed by atoms with Crippen molar-refractivity contribution in [3.05, 3.63) is 48.6 Å². The van der Waals surface area contributed by atoms with Gasteiger partial charge in [0, 0.05) is 19.4 Å². The molecule has 0 fully saturated rings. The third-order valence-corrected chi connectivity index (χ3v) is 15.2. The Morgan fingerprint density at radius 2 is 0.693 bits per heavy atom. The molecule has 0 aliphatic heterocycles. The SMILES string of the molecule is CCCCCC/C=C\CCCCCCCC(=O)OCC(COP(=O)(O)OCCN)OC(=O)CCCCCCCCCCCCCCCCCCCCCCCCCCCC/C=C\C/C=C\C/C=C\CCCCCCC. The van der Waals surface area contributed by atoms with Crippen LogP contribution >= 0.6 is 7.82 Å². The minimum Gasteiger partial charge on any atom is -0.462 e. The monoisotopic (exact) mass is 1080 g/mol. The van der Waals surface area contributed by atoms with Gasteiger partial charge in [0.25, 0.3) is 0 Å². The molecular formula is C65H122NO8P. The van der Waals surface area contributed by atoms with Crippen molar-refractivity contribution >= 4 is 19.8 Å². The van der Waals surface area contributed by atoms with Crippen molar-refractivity contribution < 1.29 is 37.6 Å². The second-order valence-corrected chi connectivity index (χ2v) is 23.1. The third-order valence-electron chi connectivity index (χ3n) is 14.2. The molecule has 3 N–H and O–H groups in total.